The molecule has 1 N–H and O–H groups in total. The number of ether oxygens (including phenoxy) is 2. The largest absolute Gasteiger partial charge is 0.468 e. The Labute approximate surface area is 108 Å². The van der Waals surface area contributed by atoms with E-state index in [1.54, 1.807) is 0 Å². The highest BCUT2D eigenvalue weighted by Gasteiger charge is 2.50. The van der Waals surface area contributed by atoms with Crippen LogP contribution in [0.1, 0.15) is 5.69 Å². The molecule has 1 aliphatic heterocycles. The van der Waals surface area contributed by atoms with E-state index in [0.717, 1.165) is 16.3 Å². The number of esters is 1. The van der Waals surface area contributed by atoms with Crippen molar-refractivity contribution in [3.05, 3.63) is 29.5 Å². The second-order valence-corrected chi connectivity index (χ2v) is 5.06. The molecule has 1 saturated heterocycles. The summed E-state index contributed by atoms with van der Waals surface area (Å²) < 4.78 is 10.0. The Hall–Kier alpha value is -1.66. The lowest BCUT2D eigenvalue weighted by Gasteiger charge is -2.36. The maximum Gasteiger partial charge on any atom is 0.322 e. The van der Waals surface area contributed by atoms with Crippen LogP contribution in [0.2, 0.25) is 0 Å². The summed E-state index contributed by atoms with van der Waals surface area (Å²) in [4.78, 5) is 19.4. The molecule has 0 atom stereocenters. The number of carbonyl (C=O) groups is 1. The van der Waals surface area contributed by atoms with Gasteiger partial charge >= 0.3 is 5.97 Å². The lowest BCUT2D eigenvalue weighted by molar-refractivity contribution is -0.167. The van der Waals surface area contributed by atoms with Gasteiger partial charge in [-0.2, -0.15) is 0 Å². The maximum atomic E-state index is 11.9. The predicted octanol–water partition coefficient (Wildman–Crippen LogP) is 1.58. The fourth-order valence-electron chi connectivity index (χ4n) is 1.95. The molecule has 0 unspecified atom stereocenters. The predicted molar refractivity (Wildman–Crippen MR) is 66.4 cm³/mol. The molecular weight excluding hydrogens is 252 g/mol. The van der Waals surface area contributed by atoms with Gasteiger partial charge in [0.1, 0.15) is 5.01 Å². The van der Waals surface area contributed by atoms with E-state index in [1.165, 1.54) is 18.4 Å². The number of carbonyl (C=O) groups excluding carboxylic acids is 1. The second-order valence-electron chi connectivity index (χ2n) is 4.20. The van der Waals surface area contributed by atoms with Crippen LogP contribution in [0.15, 0.2) is 23.8 Å². The van der Waals surface area contributed by atoms with Crippen LogP contribution in [-0.2, 0) is 19.7 Å². The Balaban J connectivity index is 1.95. The van der Waals surface area contributed by atoms with E-state index < -0.39 is 5.41 Å². The van der Waals surface area contributed by atoms with Gasteiger partial charge in [-0.15, -0.1) is 11.3 Å². The minimum Gasteiger partial charge on any atom is -0.468 e. The summed E-state index contributed by atoms with van der Waals surface area (Å²) in [6.07, 6.45) is 3.73. The number of hydrogen-bond donors (Lipinski definition) is 1. The Morgan fingerprint density at radius 1 is 1.61 bits per heavy atom. The molecule has 0 amide bonds. The highest BCUT2D eigenvalue weighted by atomic mass is 32.1. The minimum atomic E-state index is -0.709. The molecule has 2 aromatic heterocycles. The summed E-state index contributed by atoms with van der Waals surface area (Å²) in [6.45, 7) is 0.686. The third kappa shape index (κ3) is 1.57. The van der Waals surface area contributed by atoms with Gasteiger partial charge in [0.05, 0.1) is 26.0 Å². The average molecular weight is 264 g/mol. The van der Waals surface area contributed by atoms with Crippen molar-refractivity contribution in [2.75, 3.05) is 20.3 Å². The van der Waals surface area contributed by atoms with E-state index in [1.807, 2.05) is 23.8 Å². The summed E-state index contributed by atoms with van der Waals surface area (Å²) in [5.41, 5.74) is 1.05. The minimum absolute atomic E-state index is 0.278. The second kappa shape index (κ2) is 4.22. The van der Waals surface area contributed by atoms with Crippen LogP contribution in [0.3, 0.4) is 0 Å². The van der Waals surface area contributed by atoms with Gasteiger partial charge in [0, 0.05) is 23.3 Å². The molecule has 1 fully saturated rings. The molecule has 3 rings (SSSR count). The molecule has 1 aliphatic rings. The van der Waals surface area contributed by atoms with Gasteiger partial charge in [-0.1, -0.05) is 0 Å². The van der Waals surface area contributed by atoms with Gasteiger partial charge in [-0.05, 0) is 6.07 Å². The maximum absolute atomic E-state index is 11.9. The van der Waals surface area contributed by atoms with Crippen LogP contribution in [0.4, 0.5) is 0 Å². The molecule has 94 valence electrons. The van der Waals surface area contributed by atoms with Gasteiger partial charge in [-0.3, -0.25) is 4.79 Å². The highest BCUT2D eigenvalue weighted by molar-refractivity contribution is 7.13. The topological polar surface area (TPSA) is 64.2 Å². The van der Waals surface area contributed by atoms with Crippen molar-refractivity contribution in [1.29, 1.82) is 0 Å². The number of H-pyrrole nitrogens is 1. The number of aromatic nitrogens is 2. The van der Waals surface area contributed by atoms with Gasteiger partial charge in [0.25, 0.3) is 0 Å². The molecule has 0 radical (unpaired) electrons. The SMILES string of the molecule is COC(=O)C1(c2csc(-c3cc[nH]c3)n2)COC1. The van der Waals surface area contributed by atoms with Crippen LogP contribution in [-0.4, -0.2) is 36.3 Å². The number of rotatable bonds is 3. The van der Waals surface area contributed by atoms with Crippen LogP contribution in [0, 0.1) is 0 Å². The lowest BCUT2D eigenvalue weighted by atomic mass is 9.83. The molecule has 6 heteroatoms. The normalized spacial score (nSPS) is 17.2. The number of methoxy groups -OCH3 is 1. The zero-order valence-corrected chi connectivity index (χ0v) is 10.6. The van der Waals surface area contributed by atoms with E-state index in [-0.39, 0.29) is 5.97 Å². The first-order valence-electron chi connectivity index (χ1n) is 5.51. The van der Waals surface area contributed by atoms with Crippen molar-refractivity contribution in [3.8, 4) is 10.6 Å². The number of aromatic amines is 1. The summed E-state index contributed by atoms with van der Waals surface area (Å²) in [5.74, 6) is -0.278. The van der Waals surface area contributed by atoms with Crippen molar-refractivity contribution in [1.82, 2.24) is 9.97 Å². The fourth-order valence-corrected chi connectivity index (χ4v) is 2.87. The summed E-state index contributed by atoms with van der Waals surface area (Å²) in [7, 11) is 1.39. The molecule has 0 aliphatic carbocycles. The highest BCUT2D eigenvalue weighted by Crippen LogP contribution is 2.36. The van der Waals surface area contributed by atoms with E-state index in [9.17, 15) is 4.79 Å². The van der Waals surface area contributed by atoms with Crippen LogP contribution in [0.25, 0.3) is 10.6 Å². The number of nitrogens with one attached hydrogen (secondary N) is 1. The van der Waals surface area contributed by atoms with E-state index in [2.05, 4.69) is 9.97 Å². The quantitative estimate of drug-likeness (QED) is 0.855. The number of nitrogens with zero attached hydrogens (tertiary/aromatic N) is 1. The van der Waals surface area contributed by atoms with Crippen LogP contribution in [0.5, 0.6) is 0 Å². The van der Waals surface area contributed by atoms with Crippen molar-refractivity contribution in [2.45, 2.75) is 5.41 Å². The monoisotopic (exact) mass is 264 g/mol. The van der Waals surface area contributed by atoms with Crippen molar-refractivity contribution in [2.24, 2.45) is 0 Å². The van der Waals surface area contributed by atoms with Gasteiger partial charge in [-0.25, -0.2) is 4.98 Å². The van der Waals surface area contributed by atoms with Crippen molar-refractivity contribution in [3.63, 3.8) is 0 Å². The molecule has 18 heavy (non-hydrogen) atoms. The smallest absolute Gasteiger partial charge is 0.322 e. The van der Waals surface area contributed by atoms with E-state index >= 15 is 0 Å². The van der Waals surface area contributed by atoms with Crippen molar-refractivity contribution < 1.29 is 14.3 Å². The summed E-state index contributed by atoms with van der Waals surface area (Å²) in [6, 6.07) is 1.95. The lowest BCUT2D eigenvalue weighted by Crippen LogP contribution is -2.53. The van der Waals surface area contributed by atoms with Crippen molar-refractivity contribution >= 4 is 17.3 Å². The summed E-state index contributed by atoms with van der Waals surface area (Å²) >= 11 is 1.52. The zero-order chi connectivity index (χ0) is 12.6. The molecule has 3 heterocycles. The van der Waals surface area contributed by atoms with E-state index in [4.69, 9.17) is 9.47 Å². The fraction of sp³-hybridized carbons (Fsp3) is 0.333. The molecule has 5 nitrogen and oxygen atoms in total. The van der Waals surface area contributed by atoms with Crippen LogP contribution >= 0.6 is 11.3 Å². The molecule has 0 saturated carbocycles. The number of thiazole rings is 1. The Bertz CT molecular complexity index is 558. The summed E-state index contributed by atoms with van der Waals surface area (Å²) in [5, 5.41) is 2.79. The Kier molecular flexibility index (Phi) is 2.68. The molecule has 0 bridgehead atoms. The molecule has 0 aromatic carbocycles. The van der Waals surface area contributed by atoms with E-state index in [0.29, 0.717) is 13.2 Å². The zero-order valence-electron chi connectivity index (χ0n) is 9.80. The molecular formula is C12H12N2O3S. The first-order valence-corrected chi connectivity index (χ1v) is 6.39. The standard InChI is InChI=1S/C12H12N2O3S/c1-16-11(15)12(6-17-7-12)9-5-18-10(14-9)8-2-3-13-4-8/h2-5,13H,6-7H2,1H3. The third-order valence-electron chi connectivity index (χ3n) is 3.11. The Morgan fingerprint density at radius 3 is 3.00 bits per heavy atom. The van der Waals surface area contributed by atoms with Gasteiger partial charge in [0.15, 0.2) is 5.41 Å². The molecule has 0 spiro atoms. The first-order chi connectivity index (χ1) is 8.76. The van der Waals surface area contributed by atoms with Crippen LogP contribution < -0.4 is 0 Å². The third-order valence-corrected chi connectivity index (χ3v) is 4.00. The Morgan fingerprint density at radius 2 is 2.44 bits per heavy atom. The van der Waals surface area contributed by atoms with Gasteiger partial charge in [0.2, 0.25) is 0 Å². The number of hydrogen-bond acceptors (Lipinski definition) is 5. The average Bonchev–Trinajstić information content (AvgIpc) is 2.97. The first kappa shape index (κ1) is 11.4. The molecule has 2 aromatic rings. The van der Waals surface area contributed by atoms with Gasteiger partial charge < -0.3 is 14.5 Å².